The third-order valence-electron chi connectivity index (χ3n) is 2.70. The molecular formula is C8H16N2O2. The highest BCUT2D eigenvalue weighted by molar-refractivity contribution is 5.82. The molecule has 0 aliphatic heterocycles. The number of carbonyl (C=O) groups is 1. The van der Waals surface area contributed by atoms with E-state index in [1.54, 1.807) is 0 Å². The summed E-state index contributed by atoms with van der Waals surface area (Å²) in [5, 5.41) is 9.67. The molecule has 1 aliphatic carbocycles. The van der Waals surface area contributed by atoms with E-state index in [4.69, 9.17) is 10.9 Å². The third kappa shape index (κ3) is 1.44. The quantitative estimate of drug-likeness (QED) is 0.466. The minimum Gasteiger partial charge on any atom is -0.329 e. The molecule has 0 atom stereocenters. The summed E-state index contributed by atoms with van der Waals surface area (Å²) in [6.45, 7) is 0.344. The van der Waals surface area contributed by atoms with Gasteiger partial charge in [-0.1, -0.05) is 12.8 Å². The fourth-order valence-corrected chi connectivity index (χ4v) is 1.90. The van der Waals surface area contributed by atoms with Gasteiger partial charge in [0.25, 0.3) is 5.91 Å². The van der Waals surface area contributed by atoms with Gasteiger partial charge in [-0.05, 0) is 12.8 Å². The minimum absolute atomic E-state index is 0.234. The summed E-state index contributed by atoms with van der Waals surface area (Å²) in [5.41, 5.74) is 5.08. The van der Waals surface area contributed by atoms with E-state index in [0.29, 0.717) is 11.6 Å². The van der Waals surface area contributed by atoms with Gasteiger partial charge in [0.15, 0.2) is 0 Å². The molecule has 1 amide bonds. The predicted molar refractivity (Wildman–Crippen MR) is 44.5 cm³/mol. The molecule has 0 radical (unpaired) electrons. The van der Waals surface area contributed by atoms with E-state index in [1.807, 2.05) is 0 Å². The van der Waals surface area contributed by atoms with E-state index < -0.39 is 5.41 Å². The second-order valence-corrected chi connectivity index (χ2v) is 3.52. The Hall–Kier alpha value is -0.610. The van der Waals surface area contributed by atoms with Crippen molar-refractivity contribution in [3.63, 3.8) is 0 Å². The Kier molecular flexibility index (Phi) is 2.69. The van der Waals surface area contributed by atoms with Gasteiger partial charge in [0, 0.05) is 13.6 Å². The van der Waals surface area contributed by atoms with Crippen LogP contribution in [0, 0.1) is 5.41 Å². The molecule has 0 aromatic heterocycles. The highest BCUT2D eigenvalue weighted by Gasteiger charge is 2.41. The summed E-state index contributed by atoms with van der Waals surface area (Å²) in [4.78, 5) is 11.5. The molecule has 0 unspecified atom stereocenters. The van der Waals surface area contributed by atoms with Crippen LogP contribution >= 0.6 is 0 Å². The molecule has 1 aliphatic rings. The van der Waals surface area contributed by atoms with Crippen molar-refractivity contribution in [1.82, 2.24) is 5.06 Å². The number of nitrogens with zero attached hydrogens (tertiary/aromatic N) is 1. The van der Waals surface area contributed by atoms with Crippen molar-refractivity contribution in [2.75, 3.05) is 13.6 Å². The minimum atomic E-state index is -0.469. The van der Waals surface area contributed by atoms with E-state index in [9.17, 15) is 4.79 Å². The van der Waals surface area contributed by atoms with Gasteiger partial charge in [-0.3, -0.25) is 10.0 Å². The Bertz CT molecular complexity index is 174. The molecule has 1 saturated carbocycles. The molecule has 1 fully saturated rings. The van der Waals surface area contributed by atoms with E-state index >= 15 is 0 Å². The summed E-state index contributed by atoms with van der Waals surface area (Å²) in [6, 6.07) is 0. The number of rotatable bonds is 2. The highest BCUT2D eigenvalue weighted by Crippen LogP contribution is 2.38. The van der Waals surface area contributed by atoms with Gasteiger partial charge in [0.1, 0.15) is 0 Å². The maximum Gasteiger partial charge on any atom is 0.253 e. The van der Waals surface area contributed by atoms with Crippen molar-refractivity contribution in [1.29, 1.82) is 0 Å². The van der Waals surface area contributed by atoms with Crippen molar-refractivity contribution in [3.05, 3.63) is 0 Å². The second-order valence-electron chi connectivity index (χ2n) is 3.52. The van der Waals surface area contributed by atoms with Crippen LogP contribution in [0.2, 0.25) is 0 Å². The number of hydrogen-bond donors (Lipinski definition) is 2. The van der Waals surface area contributed by atoms with Crippen molar-refractivity contribution in [2.24, 2.45) is 11.1 Å². The highest BCUT2D eigenvalue weighted by atomic mass is 16.5. The van der Waals surface area contributed by atoms with Crippen molar-refractivity contribution >= 4 is 5.91 Å². The lowest BCUT2D eigenvalue weighted by atomic mass is 9.85. The molecular weight excluding hydrogens is 156 g/mol. The van der Waals surface area contributed by atoms with E-state index in [2.05, 4.69) is 0 Å². The Morgan fingerprint density at radius 1 is 1.58 bits per heavy atom. The third-order valence-corrected chi connectivity index (χ3v) is 2.70. The maximum atomic E-state index is 11.5. The van der Waals surface area contributed by atoms with Crippen LogP contribution in [-0.2, 0) is 4.79 Å². The number of carbonyl (C=O) groups excluding carboxylic acids is 1. The number of nitrogens with two attached hydrogens (primary N) is 1. The lowest BCUT2D eigenvalue weighted by Gasteiger charge is -2.27. The predicted octanol–water partition coefficient (Wildman–Crippen LogP) is 0.353. The first kappa shape index (κ1) is 9.48. The fraction of sp³-hybridized carbons (Fsp3) is 0.875. The number of hydrogen-bond acceptors (Lipinski definition) is 3. The first-order chi connectivity index (χ1) is 5.62. The monoisotopic (exact) mass is 172 g/mol. The summed E-state index contributed by atoms with van der Waals surface area (Å²) in [6.07, 6.45) is 3.70. The second kappa shape index (κ2) is 3.41. The lowest BCUT2D eigenvalue weighted by Crippen LogP contribution is -2.43. The molecule has 12 heavy (non-hydrogen) atoms. The molecule has 0 bridgehead atoms. The van der Waals surface area contributed by atoms with Gasteiger partial charge in [-0.25, -0.2) is 5.06 Å². The number of amides is 1. The zero-order valence-corrected chi connectivity index (χ0v) is 7.42. The summed E-state index contributed by atoms with van der Waals surface area (Å²) in [5.74, 6) is -0.234. The van der Waals surface area contributed by atoms with Crippen LogP contribution in [0.5, 0.6) is 0 Å². The standard InChI is InChI=1S/C8H16N2O2/c1-10(12)7(11)8(6-9)4-2-3-5-8/h12H,2-6,9H2,1H3. The molecule has 4 nitrogen and oxygen atoms in total. The first-order valence-electron chi connectivity index (χ1n) is 4.29. The zero-order chi connectivity index (χ0) is 9.19. The summed E-state index contributed by atoms with van der Waals surface area (Å²) < 4.78 is 0. The van der Waals surface area contributed by atoms with E-state index in [1.165, 1.54) is 7.05 Å². The molecule has 0 heterocycles. The van der Waals surface area contributed by atoms with Crippen molar-refractivity contribution in [3.8, 4) is 0 Å². The molecule has 70 valence electrons. The Balaban J connectivity index is 2.72. The largest absolute Gasteiger partial charge is 0.329 e. The van der Waals surface area contributed by atoms with Crippen LogP contribution in [0.25, 0.3) is 0 Å². The summed E-state index contributed by atoms with van der Waals surface area (Å²) in [7, 11) is 1.36. The van der Waals surface area contributed by atoms with Gasteiger partial charge in [0.05, 0.1) is 5.41 Å². The van der Waals surface area contributed by atoms with E-state index in [-0.39, 0.29) is 5.91 Å². The molecule has 0 saturated heterocycles. The molecule has 3 N–H and O–H groups in total. The fourth-order valence-electron chi connectivity index (χ4n) is 1.90. The first-order valence-corrected chi connectivity index (χ1v) is 4.29. The smallest absolute Gasteiger partial charge is 0.253 e. The average molecular weight is 172 g/mol. The normalized spacial score (nSPS) is 20.9. The summed E-state index contributed by atoms with van der Waals surface area (Å²) >= 11 is 0. The van der Waals surface area contributed by atoms with Gasteiger partial charge in [-0.15, -0.1) is 0 Å². The van der Waals surface area contributed by atoms with E-state index in [0.717, 1.165) is 25.7 Å². The molecule has 4 heteroatoms. The van der Waals surface area contributed by atoms with Crippen LogP contribution in [-0.4, -0.2) is 29.8 Å². The molecule has 0 aromatic rings. The topological polar surface area (TPSA) is 66.6 Å². The van der Waals surface area contributed by atoms with Crippen LogP contribution in [0.3, 0.4) is 0 Å². The Morgan fingerprint density at radius 2 is 2.08 bits per heavy atom. The Labute approximate surface area is 72.3 Å². The van der Waals surface area contributed by atoms with Gasteiger partial charge in [-0.2, -0.15) is 0 Å². The van der Waals surface area contributed by atoms with Crippen LogP contribution in [0.1, 0.15) is 25.7 Å². The zero-order valence-electron chi connectivity index (χ0n) is 7.42. The van der Waals surface area contributed by atoms with Gasteiger partial charge >= 0.3 is 0 Å². The van der Waals surface area contributed by atoms with Crippen molar-refractivity contribution < 1.29 is 10.0 Å². The average Bonchev–Trinajstić information content (AvgIpc) is 2.52. The molecule has 0 aromatic carbocycles. The molecule has 1 rings (SSSR count). The SMILES string of the molecule is CN(O)C(=O)C1(CN)CCCC1. The van der Waals surface area contributed by atoms with Crippen LogP contribution in [0.15, 0.2) is 0 Å². The maximum absolute atomic E-state index is 11.5. The van der Waals surface area contributed by atoms with Crippen molar-refractivity contribution in [2.45, 2.75) is 25.7 Å². The number of hydroxylamine groups is 2. The van der Waals surface area contributed by atoms with Gasteiger partial charge in [0.2, 0.25) is 0 Å². The van der Waals surface area contributed by atoms with Crippen LogP contribution in [0.4, 0.5) is 0 Å². The Morgan fingerprint density at radius 3 is 2.42 bits per heavy atom. The lowest BCUT2D eigenvalue weighted by molar-refractivity contribution is -0.170. The molecule has 0 spiro atoms. The van der Waals surface area contributed by atoms with Gasteiger partial charge < -0.3 is 5.73 Å². The van der Waals surface area contributed by atoms with Crippen LogP contribution < -0.4 is 5.73 Å².